The number of nitrogens with zero attached hydrogens (tertiary/aromatic N) is 3. The minimum atomic E-state index is 0.671. The van der Waals surface area contributed by atoms with Gasteiger partial charge in [0.05, 0.1) is 25.5 Å². The number of anilines is 2. The van der Waals surface area contributed by atoms with Crippen molar-refractivity contribution in [2.24, 2.45) is 0 Å². The SMILES string of the molecule is COc1ccnc(NCCn2cc(N)cn2)c1. The molecule has 3 N–H and O–H groups in total. The Kier molecular flexibility index (Phi) is 3.44. The van der Waals surface area contributed by atoms with E-state index in [-0.39, 0.29) is 0 Å². The third-order valence-corrected chi connectivity index (χ3v) is 2.27. The minimum absolute atomic E-state index is 0.671. The average Bonchev–Trinajstić information content (AvgIpc) is 2.75. The fourth-order valence-electron chi connectivity index (χ4n) is 1.44. The van der Waals surface area contributed by atoms with Crippen molar-refractivity contribution in [2.45, 2.75) is 6.54 Å². The smallest absolute Gasteiger partial charge is 0.129 e. The van der Waals surface area contributed by atoms with Gasteiger partial charge in [0.1, 0.15) is 11.6 Å². The van der Waals surface area contributed by atoms with Crippen molar-refractivity contribution >= 4 is 11.5 Å². The molecule has 0 spiro atoms. The molecule has 0 atom stereocenters. The number of hydrogen-bond donors (Lipinski definition) is 2. The van der Waals surface area contributed by atoms with Crippen LogP contribution in [0.2, 0.25) is 0 Å². The van der Waals surface area contributed by atoms with Crippen molar-refractivity contribution in [3.05, 3.63) is 30.7 Å². The fraction of sp³-hybridized carbons (Fsp3) is 0.273. The van der Waals surface area contributed by atoms with E-state index < -0.39 is 0 Å². The standard InChI is InChI=1S/C11H15N5O/c1-17-10-2-3-13-11(6-10)14-4-5-16-8-9(12)7-15-16/h2-3,6-8H,4-5,12H2,1H3,(H,13,14). The lowest BCUT2D eigenvalue weighted by molar-refractivity contribution is 0.414. The fourth-order valence-corrected chi connectivity index (χ4v) is 1.44. The Morgan fingerprint density at radius 1 is 1.53 bits per heavy atom. The van der Waals surface area contributed by atoms with E-state index >= 15 is 0 Å². The first kappa shape index (κ1) is 11.3. The molecule has 0 fully saturated rings. The summed E-state index contributed by atoms with van der Waals surface area (Å²) in [4.78, 5) is 4.18. The summed E-state index contributed by atoms with van der Waals surface area (Å²) in [5, 5.41) is 7.27. The summed E-state index contributed by atoms with van der Waals surface area (Å²) in [5.41, 5.74) is 6.24. The summed E-state index contributed by atoms with van der Waals surface area (Å²) in [6.45, 7) is 1.46. The molecule has 0 aliphatic rings. The maximum atomic E-state index is 5.57. The molecule has 0 saturated heterocycles. The summed E-state index contributed by atoms with van der Waals surface area (Å²) in [7, 11) is 1.63. The van der Waals surface area contributed by atoms with E-state index in [2.05, 4.69) is 15.4 Å². The van der Waals surface area contributed by atoms with Crippen molar-refractivity contribution in [3.8, 4) is 5.75 Å². The van der Waals surface area contributed by atoms with Gasteiger partial charge in [-0.3, -0.25) is 4.68 Å². The monoisotopic (exact) mass is 233 g/mol. The number of pyridine rings is 1. The Bertz CT molecular complexity index is 482. The molecule has 0 bridgehead atoms. The van der Waals surface area contributed by atoms with E-state index in [0.717, 1.165) is 24.7 Å². The van der Waals surface area contributed by atoms with Gasteiger partial charge < -0.3 is 15.8 Å². The van der Waals surface area contributed by atoms with E-state index in [1.54, 1.807) is 36.4 Å². The van der Waals surface area contributed by atoms with Crippen molar-refractivity contribution in [3.63, 3.8) is 0 Å². The molecular formula is C11H15N5O. The molecule has 2 aromatic rings. The highest BCUT2D eigenvalue weighted by molar-refractivity contribution is 5.40. The van der Waals surface area contributed by atoms with Gasteiger partial charge in [-0.25, -0.2) is 4.98 Å². The van der Waals surface area contributed by atoms with Gasteiger partial charge in [-0.15, -0.1) is 0 Å². The number of nitrogen functional groups attached to an aromatic ring is 1. The van der Waals surface area contributed by atoms with E-state index in [9.17, 15) is 0 Å². The van der Waals surface area contributed by atoms with Crippen LogP contribution in [-0.2, 0) is 6.54 Å². The van der Waals surface area contributed by atoms with E-state index in [0.29, 0.717) is 5.69 Å². The van der Waals surface area contributed by atoms with Gasteiger partial charge in [0.25, 0.3) is 0 Å². The molecular weight excluding hydrogens is 218 g/mol. The summed E-state index contributed by atoms with van der Waals surface area (Å²) in [5.74, 6) is 1.57. The topological polar surface area (TPSA) is 78.0 Å². The predicted molar refractivity (Wildman–Crippen MR) is 65.9 cm³/mol. The maximum Gasteiger partial charge on any atom is 0.129 e. The molecule has 0 amide bonds. The number of hydrogen-bond acceptors (Lipinski definition) is 5. The number of methoxy groups -OCH3 is 1. The van der Waals surface area contributed by atoms with E-state index in [1.165, 1.54) is 0 Å². The first-order valence-electron chi connectivity index (χ1n) is 5.30. The molecule has 0 saturated carbocycles. The minimum Gasteiger partial charge on any atom is -0.497 e. The third-order valence-electron chi connectivity index (χ3n) is 2.27. The molecule has 6 heteroatoms. The second kappa shape index (κ2) is 5.20. The molecule has 0 unspecified atom stereocenters. The summed E-state index contributed by atoms with van der Waals surface area (Å²) in [6, 6.07) is 3.65. The van der Waals surface area contributed by atoms with Gasteiger partial charge in [-0.2, -0.15) is 5.10 Å². The number of nitrogens with one attached hydrogen (secondary N) is 1. The van der Waals surface area contributed by atoms with Crippen molar-refractivity contribution in [2.75, 3.05) is 24.7 Å². The third kappa shape index (κ3) is 3.10. The molecule has 90 valence electrons. The molecule has 6 nitrogen and oxygen atoms in total. The van der Waals surface area contributed by atoms with E-state index in [1.807, 2.05) is 6.07 Å². The van der Waals surface area contributed by atoms with Gasteiger partial charge >= 0.3 is 0 Å². The zero-order valence-corrected chi connectivity index (χ0v) is 9.63. The first-order chi connectivity index (χ1) is 8.28. The Morgan fingerprint density at radius 3 is 3.12 bits per heavy atom. The molecule has 0 aliphatic carbocycles. The lowest BCUT2D eigenvalue weighted by Gasteiger charge is -2.06. The van der Waals surface area contributed by atoms with Gasteiger partial charge in [0.2, 0.25) is 0 Å². The van der Waals surface area contributed by atoms with Gasteiger partial charge in [-0.05, 0) is 6.07 Å². The summed E-state index contributed by atoms with van der Waals surface area (Å²) >= 11 is 0. The van der Waals surface area contributed by atoms with Crippen molar-refractivity contribution in [1.29, 1.82) is 0 Å². The normalized spacial score (nSPS) is 10.2. The zero-order valence-electron chi connectivity index (χ0n) is 9.63. The van der Waals surface area contributed by atoms with Crippen LogP contribution in [0.3, 0.4) is 0 Å². The molecule has 17 heavy (non-hydrogen) atoms. The van der Waals surface area contributed by atoms with Crippen LogP contribution < -0.4 is 15.8 Å². The first-order valence-corrected chi connectivity index (χ1v) is 5.30. The largest absolute Gasteiger partial charge is 0.497 e. The van der Waals surface area contributed by atoms with Crippen molar-refractivity contribution in [1.82, 2.24) is 14.8 Å². The Labute approximate surface area is 99.4 Å². The average molecular weight is 233 g/mol. The highest BCUT2D eigenvalue weighted by Gasteiger charge is 1.97. The number of rotatable bonds is 5. The summed E-state index contributed by atoms with van der Waals surface area (Å²) < 4.78 is 6.89. The van der Waals surface area contributed by atoms with Gasteiger partial charge in [-0.1, -0.05) is 0 Å². The molecule has 2 heterocycles. The van der Waals surface area contributed by atoms with Crippen LogP contribution in [0, 0.1) is 0 Å². The van der Waals surface area contributed by atoms with Crippen LogP contribution in [-0.4, -0.2) is 28.4 Å². The van der Waals surface area contributed by atoms with E-state index in [4.69, 9.17) is 10.5 Å². The van der Waals surface area contributed by atoms with Crippen LogP contribution in [0.5, 0.6) is 5.75 Å². The maximum absolute atomic E-state index is 5.57. The van der Waals surface area contributed by atoms with Gasteiger partial charge in [0.15, 0.2) is 0 Å². The Morgan fingerprint density at radius 2 is 2.41 bits per heavy atom. The quantitative estimate of drug-likeness (QED) is 0.805. The lowest BCUT2D eigenvalue weighted by atomic mass is 10.4. The van der Waals surface area contributed by atoms with Crippen molar-refractivity contribution < 1.29 is 4.74 Å². The predicted octanol–water partition coefficient (Wildman–Crippen LogP) is 0.981. The highest BCUT2D eigenvalue weighted by Crippen LogP contribution is 2.13. The van der Waals surface area contributed by atoms with Crippen LogP contribution in [0.4, 0.5) is 11.5 Å². The zero-order chi connectivity index (χ0) is 12.1. The van der Waals surface area contributed by atoms with Crippen LogP contribution >= 0.6 is 0 Å². The Hall–Kier alpha value is -2.24. The summed E-state index contributed by atoms with van der Waals surface area (Å²) in [6.07, 6.45) is 5.12. The lowest BCUT2D eigenvalue weighted by Crippen LogP contribution is -2.11. The molecule has 0 radical (unpaired) electrons. The Balaban J connectivity index is 1.85. The molecule has 0 aliphatic heterocycles. The molecule has 2 rings (SSSR count). The van der Waals surface area contributed by atoms with Crippen LogP contribution in [0.15, 0.2) is 30.7 Å². The van der Waals surface area contributed by atoms with Crippen LogP contribution in [0.25, 0.3) is 0 Å². The number of ether oxygens (including phenoxy) is 1. The number of aromatic nitrogens is 3. The second-order valence-corrected chi connectivity index (χ2v) is 3.54. The number of nitrogens with two attached hydrogens (primary N) is 1. The van der Waals surface area contributed by atoms with Crippen LogP contribution in [0.1, 0.15) is 0 Å². The highest BCUT2D eigenvalue weighted by atomic mass is 16.5. The molecule has 0 aromatic carbocycles. The van der Waals surface area contributed by atoms with Gasteiger partial charge in [0, 0.05) is 25.0 Å². The second-order valence-electron chi connectivity index (χ2n) is 3.54. The molecule has 2 aromatic heterocycles.